The van der Waals surface area contributed by atoms with Gasteiger partial charge in [0.2, 0.25) is 0 Å². The first kappa shape index (κ1) is 15.4. The van der Waals surface area contributed by atoms with Gasteiger partial charge >= 0.3 is 0 Å². The van der Waals surface area contributed by atoms with Crippen LogP contribution in [0.1, 0.15) is 44.1 Å². The highest BCUT2D eigenvalue weighted by molar-refractivity contribution is 5.15. The summed E-state index contributed by atoms with van der Waals surface area (Å²) in [5, 5.41) is 0. The van der Waals surface area contributed by atoms with Gasteiger partial charge < -0.3 is 4.90 Å². The third-order valence-corrected chi connectivity index (χ3v) is 7.54. The fourth-order valence-electron chi connectivity index (χ4n) is 6.21. The number of likely N-dealkylation sites (tertiary alicyclic amines) is 2. The zero-order valence-corrected chi connectivity index (χ0v) is 15.0. The Kier molecular flexibility index (Phi) is 3.94. The number of rotatable bonds is 4. The molecule has 2 saturated heterocycles. The van der Waals surface area contributed by atoms with Crippen molar-refractivity contribution in [1.82, 2.24) is 9.80 Å². The van der Waals surface area contributed by atoms with Crippen molar-refractivity contribution in [2.75, 3.05) is 32.7 Å². The molecule has 4 fully saturated rings. The van der Waals surface area contributed by atoms with Crippen LogP contribution >= 0.6 is 0 Å². The second kappa shape index (κ2) is 6.14. The van der Waals surface area contributed by atoms with Crippen LogP contribution in [-0.4, -0.2) is 42.5 Å². The Balaban J connectivity index is 1.32. The first-order chi connectivity index (χ1) is 11.8. The van der Waals surface area contributed by atoms with Crippen molar-refractivity contribution in [3.63, 3.8) is 0 Å². The average molecular weight is 325 g/mol. The molecule has 24 heavy (non-hydrogen) atoms. The summed E-state index contributed by atoms with van der Waals surface area (Å²) in [5.41, 5.74) is 2.21. The molecule has 2 aliphatic heterocycles. The van der Waals surface area contributed by atoms with Crippen molar-refractivity contribution in [1.29, 1.82) is 0 Å². The Morgan fingerprint density at radius 1 is 0.833 bits per heavy atom. The summed E-state index contributed by atoms with van der Waals surface area (Å²) >= 11 is 0. The van der Waals surface area contributed by atoms with E-state index in [-0.39, 0.29) is 0 Å². The van der Waals surface area contributed by atoms with Crippen molar-refractivity contribution in [3.05, 3.63) is 35.9 Å². The maximum Gasteiger partial charge on any atom is 0.0233 e. The van der Waals surface area contributed by atoms with E-state index in [1.807, 2.05) is 0 Å². The molecule has 1 aromatic rings. The van der Waals surface area contributed by atoms with Crippen LogP contribution < -0.4 is 0 Å². The number of piperidine rings is 2. The molecule has 0 radical (unpaired) electrons. The van der Waals surface area contributed by atoms with E-state index in [2.05, 4.69) is 40.1 Å². The molecule has 2 nitrogen and oxygen atoms in total. The lowest BCUT2D eigenvalue weighted by Gasteiger charge is -2.57. The summed E-state index contributed by atoms with van der Waals surface area (Å²) in [6, 6.07) is 11.1. The Hall–Kier alpha value is -0.860. The van der Waals surface area contributed by atoms with Crippen LogP contribution in [0.5, 0.6) is 0 Å². The van der Waals surface area contributed by atoms with Gasteiger partial charge in [-0.25, -0.2) is 0 Å². The van der Waals surface area contributed by atoms with Crippen molar-refractivity contribution in [3.8, 4) is 0 Å². The normalized spacial score (nSPS) is 33.2. The second-order valence-corrected chi connectivity index (χ2v) is 9.18. The fraction of sp³-hybridized carbons (Fsp3) is 0.727. The van der Waals surface area contributed by atoms with Crippen molar-refractivity contribution in [2.45, 2.75) is 45.1 Å². The quantitative estimate of drug-likeness (QED) is 0.825. The highest BCUT2D eigenvalue weighted by Crippen LogP contribution is 2.55. The lowest BCUT2D eigenvalue weighted by Crippen LogP contribution is -2.62. The third kappa shape index (κ3) is 2.82. The molecular weight excluding hydrogens is 292 g/mol. The van der Waals surface area contributed by atoms with Gasteiger partial charge in [-0.05, 0) is 54.4 Å². The molecule has 2 heteroatoms. The standard InChI is InChI=1S/C22H32N2/c1-2-6-18(7-3-1)12-23-14-20-16-24(13-19-8-9-19)17-21(15-23)22(20)10-4-5-11-22/h1-3,6-7,19-21H,4-5,8-17H2. The van der Waals surface area contributed by atoms with Gasteiger partial charge in [0.15, 0.2) is 0 Å². The predicted molar refractivity (Wildman–Crippen MR) is 98.8 cm³/mol. The van der Waals surface area contributed by atoms with E-state index in [1.165, 1.54) is 76.8 Å². The predicted octanol–water partition coefficient (Wildman–Crippen LogP) is 4.02. The first-order valence-corrected chi connectivity index (χ1v) is 10.3. The third-order valence-electron chi connectivity index (χ3n) is 7.54. The largest absolute Gasteiger partial charge is 0.302 e. The van der Waals surface area contributed by atoms with E-state index in [4.69, 9.17) is 0 Å². The average Bonchev–Trinajstić information content (AvgIpc) is 3.26. The molecule has 130 valence electrons. The van der Waals surface area contributed by atoms with Crippen LogP contribution in [0.15, 0.2) is 30.3 Å². The van der Waals surface area contributed by atoms with E-state index in [1.54, 1.807) is 0 Å². The molecule has 0 amide bonds. The summed E-state index contributed by atoms with van der Waals surface area (Å²) in [4.78, 5) is 5.64. The Labute approximate surface area is 147 Å². The van der Waals surface area contributed by atoms with Gasteiger partial charge in [0.25, 0.3) is 0 Å². The van der Waals surface area contributed by atoms with E-state index in [0.29, 0.717) is 5.41 Å². The first-order valence-electron chi connectivity index (χ1n) is 10.3. The van der Waals surface area contributed by atoms with Gasteiger partial charge in [-0.2, -0.15) is 0 Å². The molecule has 2 bridgehead atoms. The summed E-state index contributed by atoms with van der Waals surface area (Å²) < 4.78 is 0. The molecule has 0 N–H and O–H groups in total. The summed E-state index contributed by atoms with van der Waals surface area (Å²) in [6.45, 7) is 8.02. The molecule has 4 aliphatic rings. The Morgan fingerprint density at radius 2 is 1.46 bits per heavy atom. The van der Waals surface area contributed by atoms with Crippen molar-refractivity contribution < 1.29 is 0 Å². The molecule has 2 atom stereocenters. The maximum absolute atomic E-state index is 2.86. The monoisotopic (exact) mass is 324 g/mol. The van der Waals surface area contributed by atoms with Crippen LogP contribution in [0.3, 0.4) is 0 Å². The van der Waals surface area contributed by atoms with Gasteiger partial charge in [0.1, 0.15) is 0 Å². The lowest BCUT2D eigenvalue weighted by molar-refractivity contribution is -0.0917. The van der Waals surface area contributed by atoms with Crippen LogP contribution in [0.4, 0.5) is 0 Å². The maximum atomic E-state index is 2.86. The summed E-state index contributed by atoms with van der Waals surface area (Å²) in [7, 11) is 0. The molecule has 5 rings (SSSR count). The van der Waals surface area contributed by atoms with Gasteiger partial charge in [-0.15, -0.1) is 0 Å². The molecule has 2 aliphatic carbocycles. The molecule has 1 aromatic carbocycles. The van der Waals surface area contributed by atoms with E-state index >= 15 is 0 Å². The minimum absolute atomic E-state index is 0.716. The molecule has 2 unspecified atom stereocenters. The minimum Gasteiger partial charge on any atom is -0.302 e. The number of hydrogen-bond acceptors (Lipinski definition) is 2. The molecular formula is C22H32N2. The zero-order chi connectivity index (χ0) is 16.0. The highest BCUT2D eigenvalue weighted by atomic mass is 15.2. The second-order valence-electron chi connectivity index (χ2n) is 9.18. The van der Waals surface area contributed by atoms with E-state index < -0.39 is 0 Å². The Bertz CT molecular complexity index is 541. The van der Waals surface area contributed by atoms with Crippen molar-refractivity contribution >= 4 is 0 Å². The van der Waals surface area contributed by atoms with E-state index in [0.717, 1.165) is 24.3 Å². The fourth-order valence-corrected chi connectivity index (χ4v) is 6.21. The molecule has 2 saturated carbocycles. The smallest absolute Gasteiger partial charge is 0.0233 e. The summed E-state index contributed by atoms with van der Waals surface area (Å²) in [5.74, 6) is 2.90. The number of nitrogens with zero attached hydrogens (tertiary/aromatic N) is 2. The Morgan fingerprint density at radius 3 is 2.08 bits per heavy atom. The van der Waals surface area contributed by atoms with Gasteiger partial charge in [-0.3, -0.25) is 4.90 Å². The minimum atomic E-state index is 0.716. The summed E-state index contributed by atoms with van der Waals surface area (Å²) in [6.07, 6.45) is 9.04. The molecule has 1 spiro atoms. The zero-order valence-electron chi connectivity index (χ0n) is 15.0. The van der Waals surface area contributed by atoms with Crippen LogP contribution in [0.2, 0.25) is 0 Å². The van der Waals surface area contributed by atoms with Crippen LogP contribution in [-0.2, 0) is 6.54 Å². The number of hydrogen-bond donors (Lipinski definition) is 0. The van der Waals surface area contributed by atoms with Crippen LogP contribution in [0.25, 0.3) is 0 Å². The van der Waals surface area contributed by atoms with Gasteiger partial charge in [0, 0.05) is 39.3 Å². The number of benzene rings is 1. The molecule has 2 heterocycles. The van der Waals surface area contributed by atoms with Gasteiger partial charge in [0.05, 0.1) is 0 Å². The molecule has 0 aromatic heterocycles. The van der Waals surface area contributed by atoms with Crippen molar-refractivity contribution in [2.24, 2.45) is 23.2 Å². The van der Waals surface area contributed by atoms with Crippen LogP contribution in [0, 0.1) is 23.2 Å². The highest BCUT2D eigenvalue weighted by Gasteiger charge is 2.54. The topological polar surface area (TPSA) is 6.48 Å². The lowest BCUT2D eigenvalue weighted by atomic mass is 9.60. The SMILES string of the molecule is c1ccc(CN2CC3CN(CC4CC4)CC(C2)C32CCCC2)cc1. The van der Waals surface area contributed by atoms with Gasteiger partial charge in [-0.1, -0.05) is 43.2 Å². The van der Waals surface area contributed by atoms with E-state index in [9.17, 15) is 0 Å².